The SMILES string of the molecule is CC#CCOc1ccc(C[C@H](NC(=O)[C@@H](C=CCCCCCCC(=O)CCCCCCC)[C@@](O)(CC(=O)O)C(=O)OCc2oc(=O)oc2C)C(=O)OC)cc1. The Kier molecular flexibility index (Phi) is 20.9. The third-order valence-electron chi connectivity index (χ3n) is 8.86. The molecule has 2 rings (SSSR count). The molecule has 0 unspecified atom stereocenters. The lowest BCUT2D eigenvalue weighted by atomic mass is 9.82. The van der Waals surface area contributed by atoms with Gasteiger partial charge in [-0.1, -0.05) is 75.7 Å². The van der Waals surface area contributed by atoms with E-state index in [9.17, 15) is 39.0 Å². The summed E-state index contributed by atoms with van der Waals surface area (Å²) in [5, 5.41) is 24.0. The number of aryl methyl sites for hydroxylation is 1. The van der Waals surface area contributed by atoms with Gasteiger partial charge in [-0.25, -0.2) is 14.4 Å². The first-order valence-electron chi connectivity index (χ1n) is 18.7. The predicted octanol–water partition coefficient (Wildman–Crippen LogP) is 5.54. The number of aliphatic carboxylic acids is 1. The summed E-state index contributed by atoms with van der Waals surface area (Å²) in [6, 6.07) is 5.36. The minimum Gasteiger partial charge on any atom is -0.481 e. The van der Waals surface area contributed by atoms with Crippen LogP contribution in [0, 0.1) is 24.7 Å². The number of hydrogen-bond donors (Lipinski definition) is 3. The van der Waals surface area contributed by atoms with Crippen LogP contribution in [0.4, 0.5) is 0 Å². The molecule has 302 valence electrons. The van der Waals surface area contributed by atoms with Gasteiger partial charge in [0.15, 0.2) is 23.7 Å². The van der Waals surface area contributed by atoms with Crippen LogP contribution in [-0.4, -0.2) is 65.2 Å². The number of allylic oxidation sites excluding steroid dienone is 1. The fourth-order valence-electron chi connectivity index (χ4n) is 5.73. The molecule has 1 aromatic carbocycles. The van der Waals surface area contributed by atoms with Gasteiger partial charge in [-0.15, -0.1) is 5.92 Å². The molecule has 14 nitrogen and oxygen atoms in total. The van der Waals surface area contributed by atoms with Gasteiger partial charge in [0.25, 0.3) is 0 Å². The Morgan fingerprint density at radius 2 is 1.62 bits per heavy atom. The van der Waals surface area contributed by atoms with Crippen molar-refractivity contribution >= 4 is 29.6 Å². The van der Waals surface area contributed by atoms with Crippen LogP contribution in [0.2, 0.25) is 0 Å². The maximum absolute atomic E-state index is 14.0. The van der Waals surface area contributed by atoms with Gasteiger partial charge >= 0.3 is 23.7 Å². The Bertz CT molecular complexity index is 1680. The number of methoxy groups -OCH3 is 1. The number of nitrogens with one attached hydrogen (secondary N) is 1. The second kappa shape index (κ2) is 25.0. The zero-order valence-corrected chi connectivity index (χ0v) is 32.3. The molecular formula is C41H55NO13. The van der Waals surface area contributed by atoms with E-state index in [-0.39, 0.29) is 30.3 Å². The second-order valence-electron chi connectivity index (χ2n) is 13.2. The van der Waals surface area contributed by atoms with Gasteiger partial charge in [0.1, 0.15) is 24.2 Å². The smallest absolute Gasteiger partial charge is 0.481 e. The summed E-state index contributed by atoms with van der Waals surface area (Å²) < 4.78 is 25.2. The Morgan fingerprint density at radius 3 is 2.20 bits per heavy atom. The normalized spacial score (nSPS) is 13.2. The van der Waals surface area contributed by atoms with Crippen LogP contribution in [0.25, 0.3) is 0 Å². The zero-order valence-electron chi connectivity index (χ0n) is 32.3. The molecule has 55 heavy (non-hydrogen) atoms. The number of ketones is 1. The van der Waals surface area contributed by atoms with E-state index in [2.05, 4.69) is 24.1 Å². The van der Waals surface area contributed by atoms with E-state index in [0.29, 0.717) is 37.0 Å². The first-order valence-corrected chi connectivity index (χ1v) is 18.7. The predicted molar refractivity (Wildman–Crippen MR) is 201 cm³/mol. The summed E-state index contributed by atoms with van der Waals surface area (Å²) in [7, 11) is 1.13. The number of esters is 2. The standard InChI is InChI=1S/C41H55NO13/c1-5-7-9-12-15-18-31(43)19-16-13-10-11-14-17-20-33(41(50,27-36(44)45)39(48)53-28-35-29(3)54-40(49)55-35)37(46)42-34(38(47)51-4)26-30-21-23-32(24-22-30)52-25-8-6-2/h17,20-24,33-34,50H,5,7,9-16,18-19,25-28H2,1-4H3,(H,42,46)(H,44,45)/t33-,34+,41+/m1/s1. The minimum atomic E-state index is -2.97. The van der Waals surface area contributed by atoms with Crippen LogP contribution in [0.1, 0.15) is 114 Å². The Labute approximate surface area is 322 Å². The van der Waals surface area contributed by atoms with Crippen molar-refractivity contribution < 1.29 is 57.2 Å². The minimum absolute atomic E-state index is 0.00399. The number of rotatable bonds is 27. The van der Waals surface area contributed by atoms with Crippen molar-refractivity contribution in [1.29, 1.82) is 0 Å². The molecule has 0 saturated heterocycles. The highest BCUT2D eigenvalue weighted by atomic mass is 16.6. The summed E-state index contributed by atoms with van der Waals surface area (Å²) in [6.07, 6.45) is 11.4. The lowest BCUT2D eigenvalue weighted by molar-refractivity contribution is -0.179. The van der Waals surface area contributed by atoms with Gasteiger partial charge < -0.3 is 38.6 Å². The van der Waals surface area contributed by atoms with E-state index in [0.717, 1.165) is 52.1 Å². The molecule has 3 atom stereocenters. The zero-order chi connectivity index (χ0) is 40.6. The molecule has 0 fully saturated rings. The monoisotopic (exact) mass is 769 g/mol. The number of carbonyl (C=O) groups excluding carboxylic acids is 4. The molecule has 2 aromatic rings. The topological polar surface area (TPSA) is 209 Å². The number of hydrogen-bond acceptors (Lipinski definition) is 12. The van der Waals surface area contributed by atoms with Crippen LogP contribution in [0.15, 0.2) is 50.0 Å². The summed E-state index contributed by atoms with van der Waals surface area (Å²) in [5.41, 5.74) is -2.37. The first-order chi connectivity index (χ1) is 26.3. The Hall–Kier alpha value is -5.16. The van der Waals surface area contributed by atoms with E-state index < -0.39 is 60.2 Å². The molecule has 0 radical (unpaired) electrons. The van der Waals surface area contributed by atoms with Crippen molar-refractivity contribution in [3.63, 3.8) is 0 Å². The number of ether oxygens (including phenoxy) is 3. The van der Waals surface area contributed by atoms with Gasteiger partial charge in [-0.05, 0) is 57.2 Å². The van der Waals surface area contributed by atoms with Crippen LogP contribution in [0.5, 0.6) is 5.75 Å². The van der Waals surface area contributed by atoms with Gasteiger partial charge in [0.05, 0.1) is 19.4 Å². The average molecular weight is 770 g/mol. The number of Topliss-reactive ketones (excluding diaryl/α,β-unsaturated/α-hetero) is 1. The van der Waals surface area contributed by atoms with Crippen molar-refractivity contribution in [3.8, 4) is 17.6 Å². The van der Waals surface area contributed by atoms with E-state index in [1.807, 2.05) is 0 Å². The number of aliphatic hydroxyl groups is 1. The number of amides is 1. The highest BCUT2D eigenvalue weighted by Crippen LogP contribution is 2.28. The number of unbranched alkanes of at least 4 members (excludes halogenated alkanes) is 8. The molecule has 1 aromatic heterocycles. The number of carboxylic acids is 1. The van der Waals surface area contributed by atoms with Crippen molar-refractivity contribution in [2.75, 3.05) is 13.7 Å². The fraction of sp³-hybridized carbons (Fsp3) is 0.561. The van der Waals surface area contributed by atoms with Crippen molar-refractivity contribution in [3.05, 3.63) is 64.1 Å². The highest BCUT2D eigenvalue weighted by molar-refractivity contribution is 5.95. The average Bonchev–Trinajstić information content (AvgIpc) is 3.48. The largest absolute Gasteiger partial charge is 0.519 e. The maximum atomic E-state index is 14.0. The van der Waals surface area contributed by atoms with Crippen molar-refractivity contribution in [1.82, 2.24) is 5.32 Å². The molecule has 1 amide bonds. The molecule has 0 aliphatic rings. The van der Waals surface area contributed by atoms with Crippen LogP contribution < -0.4 is 15.9 Å². The molecule has 1 heterocycles. The maximum Gasteiger partial charge on any atom is 0.519 e. The summed E-state index contributed by atoms with van der Waals surface area (Å²) in [4.78, 5) is 76.0. The van der Waals surface area contributed by atoms with E-state index in [1.54, 1.807) is 37.3 Å². The quantitative estimate of drug-likeness (QED) is 0.0442. The molecule has 0 saturated carbocycles. The third-order valence-corrected chi connectivity index (χ3v) is 8.86. The number of benzene rings is 1. The van der Waals surface area contributed by atoms with Crippen LogP contribution >= 0.6 is 0 Å². The van der Waals surface area contributed by atoms with Gasteiger partial charge in [0.2, 0.25) is 5.91 Å². The van der Waals surface area contributed by atoms with Crippen molar-refractivity contribution in [2.24, 2.45) is 5.92 Å². The van der Waals surface area contributed by atoms with Gasteiger partial charge in [-0.2, -0.15) is 0 Å². The molecule has 0 spiro atoms. The van der Waals surface area contributed by atoms with E-state index in [4.69, 9.17) is 23.0 Å². The number of carbonyl (C=O) groups is 5. The Morgan fingerprint density at radius 1 is 0.964 bits per heavy atom. The van der Waals surface area contributed by atoms with Crippen LogP contribution in [-0.2, 0) is 46.5 Å². The second-order valence-corrected chi connectivity index (χ2v) is 13.2. The van der Waals surface area contributed by atoms with Gasteiger partial charge in [0, 0.05) is 19.3 Å². The van der Waals surface area contributed by atoms with E-state index in [1.165, 1.54) is 19.4 Å². The molecule has 0 bridgehead atoms. The van der Waals surface area contributed by atoms with Crippen molar-refractivity contribution in [2.45, 2.75) is 129 Å². The molecular weight excluding hydrogens is 714 g/mol. The molecule has 0 aliphatic heterocycles. The summed E-state index contributed by atoms with van der Waals surface area (Å²) >= 11 is 0. The van der Waals surface area contributed by atoms with E-state index >= 15 is 0 Å². The molecule has 14 heteroatoms. The first kappa shape index (κ1) is 46.0. The Balaban J connectivity index is 2.23. The van der Waals surface area contributed by atoms with Crippen LogP contribution in [0.3, 0.4) is 0 Å². The lowest BCUT2D eigenvalue weighted by Gasteiger charge is -2.31. The summed E-state index contributed by atoms with van der Waals surface area (Å²) in [5.74, 6) is -1.80. The fourth-order valence-corrected chi connectivity index (χ4v) is 5.73. The molecule has 3 N–H and O–H groups in total. The number of carboxylic acid groups (broad SMARTS) is 1. The lowest BCUT2D eigenvalue weighted by Crippen LogP contribution is -2.56. The van der Waals surface area contributed by atoms with Gasteiger partial charge in [-0.3, -0.25) is 14.4 Å². The molecule has 0 aliphatic carbocycles. The highest BCUT2D eigenvalue weighted by Gasteiger charge is 2.50. The summed E-state index contributed by atoms with van der Waals surface area (Å²) in [6.45, 7) is 4.69. The third kappa shape index (κ3) is 16.8.